The van der Waals surface area contributed by atoms with Crippen molar-refractivity contribution in [3.8, 4) is 0 Å². The summed E-state index contributed by atoms with van der Waals surface area (Å²) in [5, 5.41) is 20.1. The second kappa shape index (κ2) is 4.74. The first-order valence-corrected chi connectivity index (χ1v) is 6.94. The molecule has 1 aromatic carbocycles. The summed E-state index contributed by atoms with van der Waals surface area (Å²) < 4.78 is 27.1. The summed E-state index contributed by atoms with van der Waals surface area (Å²) in [5.41, 5.74) is -1.15. The van der Waals surface area contributed by atoms with Crippen molar-refractivity contribution in [2.45, 2.75) is 18.8 Å². The van der Waals surface area contributed by atoms with Crippen LogP contribution >= 0.6 is 0 Å². The third kappa shape index (κ3) is 2.16. The van der Waals surface area contributed by atoms with Crippen molar-refractivity contribution < 1.29 is 33.4 Å². The molecule has 1 amide bonds. The van der Waals surface area contributed by atoms with Crippen molar-refractivity contribution in [1.82, 2.24) is 0 Å². The van der Waals surface area contributed by atoms with E-state index in [9.17, 15) is 23.2 Å². The SMILES string of the molecule is O=C(O)c1ccc(NC(=O)C2CC3(C2)C(C(=O)O)C3(F)F)cc1. The van der Waals surface area contributed by atoms with Crippen LogP contribution in [0.2, 0.25) is 0 Å². The van der Waals surface area contributed by atoms with Crippen molar-refractivity contribution in [3.05, 3.63) is 29.8 Å². The number of anilines is 1. The minimum absolute atomic E-state index is 0.0625. The van der Waals surface area contributed by atoms with Gasteiger partial charge >= 0.3 is 11.9 Å². The maximum atomic E-state index is 13.6. The second-order valence-electron chi connectivity index (χ2n) is 6.03. The first-order chi connectivity index (χ1) is 10.7. The van der Waals surface area contributed by atoms with E-state index >= 15 is 0 Å². The highest BCUT2D eigenvalue weighted by Crippen LogP contribution is 2.76. The van der Waals surface area contributed by atoms with E-state index in [1.54, 1.807) is 0 Å². The van der Waals surface area contributed by atoms with E-state index in [0.717, 1.165) is 0 Å². The Bertz CT molecular complexity index is 694. The van der Waals surface area contributed by atoms with Crippen molar-refractivity contribution in [1.29, 1.82) is 0 Å². The van der Waals surface area contributed by atoms with E-state index in [0.29, 0.717) is 5.69 Å². The van der Waals surface area contributed by atoms with Gasteiger partial charge < -0.3 is 15.5 Å². The fraction of sp³-hybridized carbons (Fsp3) is 0.400. The summed E-state index contributed by atoms with van der Waals surface area (Å²) in [6.45, 7) is 0. The molecule has 1 spiro atoms. The molecule has 8 heteroatoms. The van der Waals surface area contributed by atoms with Gasteiger partial charge in [-0.1, -0.05) is 0 Å². The number of amides is 1. The molecule has 0 bridgehead atoms. The number of nitrogens with one attached hydrogen (secondary N) is 1. The monoisotopic (exact) mass is 325 g/mol. The van der Waals surface area contributed by atoms with Gasteiger partial charge in [0.15, 0.2) is 0 Å². The number of alkyl halides is 2. The van der Waals surface area contributed by atoms with Crippen LogP contribution in [0.15, 0.2) is 24.3 Å². The van der Waals surface area contributed by atoms with Gasteiger partial charge in [-0.05, 0) is 37.1 Å². The van der Waals surface area contributed by atoms with Gasteiger partial charge in [0.05, 0.1) is 11.0 Å². The van der Waals surface area contributed by atoms with Gasteiger partial charge in [-0.15, -0.1) is 0 Å². The summed E-state index contributed by atoms with van der Waals surface area (Å²) in [7, 11) is 0. The number of carboxylic acid groups (broad SMARTS) is 2. The molecule has 1 aromatic rings. The van der Waals surface area contributed by atoms with Crippen LogP contribution in [0, 0.1) is 17.3 Å². The Morgan fingerprint density at radius 2 is 1.65 bits per heavy atom. The maximum absolute atomic E-state index is 13.6. The lowest BCUT2D eigenvalue weighted by atomic mass is 9.69. The number of halogens is 2. The van der Waals surface area contributed by atoms with Crippen LogP contribution in [0.1, 0.15) is 23.2 Å². The number of rotatable bonds is 4. The number of hydrogen-bond donors (Lipinski definition) is 3. The van der Waals surface area contributed by atoms with E-state index in [1.807, 2.05) is 0 Å². The van der Waals surface area contributed by atoms with Crippen LogP contribution in [0.25, 0.3) is 0 Å². The third-order valence-corrected chi connectivity index (χ3v) is 4.73. The molecule has 1 unspecified atom stereocenters. The summed E-state index contributed by atoms with van der Waals surface area (Å²) in [6.07, 6.45) is -0.313. The molecule has 0 radical (unpaired) electrons. The highest BCUT2D eigenvalue weighted by molar-refractivity contribution is 5.95. The van der Waals surface area contributed by atoms with Crippen LogP contribution in [-0.2, 0) is 9.59 Å². The second-order valence-corrected chi connectivity index (χ2v) is 6.03. The summed E-state index contributed by atoms with van der Waals surface area (Å²) in [4.78, 5) is 33.5. The lowest BCUT2D eigenvalue weighted by molar-refractivity contribution is -0.142. The molecule has 2 saturated carbocycles. The Morgan fingerprint density at radius 3 is 2.09 bits per heavy atom. The fourth-order valence-corrected chi connectivity index (χ4v) is 3.35. The van der Waals surface area contributed by atoms with Crippen LogP contribution in [0.5, 0.6) is 0 Å². The molecule has 6 nitrogen and oxygen atoms in total. The molecular weight excluding hydrogens is 312 g/mol. The van der Waals surface area contributed by atoms with Gasteiger partial charge in [-0.3, -0.25) is 9.59 Å². The maximum Gasteiger partial charge on any atom is 0.335 e. The van der Waals surface area contributed by atoms with Crippen molar-refractivity contribution in [3.63, 3.8) is 0 Å². The summed E-state index contributed by atoms with van der Waals surface area (Å²) in [6, 6.07) is 5.44. The molecular formula is C15H13F2NO5. The number of carboxylic acids is 2. The number of benzene rings is 1. The largest absolute Gasteiger partial charge is 0.481 e. The molecule has 1 atom stereocenters. The van der Waals surface area contributed by atoms with Gasteiger partial charge in [0, 0.05) is 11.6 Å². The first-order valence-electron chi connectivity index (χ1n) is 6.94. The van der Waals surface area contributed by atoms with Gasteiger partial charge in [-0.2, -0.15) is 0 Å². The number of hydrogen-bond acceptors (Lipinski definition) is 3. The van der Waals surface area contributed by atoms with Gasteiger partial charge in [0.2, 0.25) is 5.91 Å². The molecule has 3 N–H and O–H groups in total. The molecule has 23 heavy (non-hydrogen) atoms. The highest BCUT2D eigenvalue weighted by atomic mass is 19.3. The smallest absolute Gasteiger partial charge is 0.335 e. The molecule has 122 valence electrons. The quantitative estimate of drug-likeness (QED) is 0.786. The minimum Gasteiger partial charge on any atom is -0.481 e. The Hall–Kier alpha value is -2.51. The molecule has 2 aliphatic carbocycles. The molecule has 0 aliphatic heterocycles. The highest BCUT2D eigenvalue weighted by Gasteiger charge is 2.87. The van der Waals surface area contributed by atoms with E-state index in [2.05, 4.69) is 5.32 Å². The lowest BCUT2D eigenvalue weighted by Gasteiger charge is -2.34. The summed E-state index contributed by atoms with van der Waals surface area (Å²) >= 11 is 0. The zero-order valence-corrected chi connectivity index (χ0v) is 11.8. The average molecular weight is 325 g/mol. The average Bonchev–Trinajstić information content (AvgIpc) is 2.94. The molecule has 0 saturated heterocycles. The molecule has 3 rings (SSSR count). The minimum atomic E-state index is -3.25. The Morgan fingerprint density at radius 1 is 1.09 bits per heavy atom. The Labute approximate surface area is 129 Å². The van der Waals surface area contributed by atoms with Crippen LogP contribution in [-0.4, -0.2) is 34.0 Å². The van der Waals surface area contributed by atoms with Gasteiger partial charge in [0.1, 0.15) is 5.92 Å². The number of carbonyl (C=O) groups is 3. The summed E-state index contributed by atoms with van der Waals surface area (Å²) in [5.74, 6) is -8.71. The zero-order valence-electron chi connectivity index (χ0n) is 11.8. The van der Waals surface area contributed by atoms with Crippen molar-refractivity contribution >= 4 is 23.5 Å². The van der Waals surface area contributed by atoms with E-state index in [-0.39, 0.29) is 18.4 Å². The van der Waals surface area contributed by atoms with E-state index in [1.165, 1.54) is 24.3 Å². The van der Waals surface area contributed by atoms with Crippen molar-refractivity contribution in [2.24, 2.45) is 17.3 Å². The van der Waals surface area contributed by atoms with E-state index in [4.69, 9.17) is 10.2 Å². The van der Waals surface area contributed by atoms with Crippen molar-refractivity contribution in [2.75, 3.05) is 5.32 Å². The fourth-order valence-electron chi connectivity index (χ4n) is 3.35. The molecule has 0 aromatic heterocycles. The predicted molar refractivity (Wildman–Crippen MR) is 73.3 cm³/mol. The standard InChI is InChI=1S/C15H13F2NO5/c16-15(17)10(13(22)23)14(15)5-8(6-14)11(19)18-9-3-1-7(2-4-9)12(20)21/h1-4,8,10H,5-6H2,(H,18,19)(H,20,21)(H,22,23). The van der Waals surface area contributed by atoms with Crippen LogP contribution in [0.3, 0.4) is 0 Å². The van der Waals surface area contributed by atoms with Gasteiger partial charge in [0.25, 0.3) is 5.92 Å². The molecule has 2 aliphatic rings. The first kappa shape index (κ1) is 15.4. The lowest BCUT2D eigenvalue weighted by Crippen LogP contribution is -2.39. The Balaban J connectivity index is 1.60. The van der Waals surface area contributed by atoms with Gasteiger partial charge in [-0.25, -0.2) is 13.6 Å². The molecule has 2 fully saturated rings. The topological polar surface area (TPSA) is 104 Å². The molecule has 0 heterocycles. The third-order valence-electron chi connectivity index (χ3n) is 4.73. The van der Waals surface area contributed by atoms with Crippen LogP contribution < -0.4 is 5.32 Å². The van der Waals surface area contributed by atoms with Crippen LogP contribution in [0.4, 0.5) is 14.5 Å². The number of aliphatic carboxylic acids is 1. The number of carbonyl (C=O) groups excluding carboxylic acids is 1. The zero-order chi connectivity index (χ0) is 17.0. The predicted octanol–water partition coefficient (Wildman–Crippen LogP) is 2.07. The van der Waals surface area contributed by atoms with E-state index < -0.39 is 41.0 Å². The number of aromatic carboxylic acids is 1. The Kier molecular flexibility index (Phi) is 3.17. The normalized spacial score (nSPS) is 30.3.